The van der Waals surface area contributed by atoms with E-state index in [9.17, 15) is 4.79 Å². The number of aromatic amines is 1. The van der Waals surface area contributed by atoms with Crippen molar-refractivity contribution in [1.29, 1.82) is 0 Å². The summed E-state index contributed by atoms with van der Waals surface area (Å²) in [6.45, 7) is 7.84. The van der Waals surface area contributed by atoms with Crippen molar-refractivity contribution in [3.8, 4) is 5.75 Å². The Hall–Kier alpha value is -3.31. The van der Waals surface area contributed by atoms with E-state index in [1.807, 2.05) is 44.2 Å². The van der Waals surface area contributed by atoms with Crippen LogP contribution in [0.15, 0.2) is 40.4 Å². The maximum absolute atomic E-state index is 12.5. The van der Waals surface area contributed by atoms with Crippen LogP contribution in [0.5, 0.6) is 5.75 Å². The van der Waals surface area contributed by atoms with Gasteiger partial charge in [-0.2, -0.15) is 5.10 Å². The summed E-state index contributed by atoms with van der Waals surface area (Å²) >= 11 is 1.47. The number of H-pyrrole nitrogens is 1. The SMILES string of the molecule is CCOc1c(Nc2cc(C)[nH]n2)nc(Sc2ccc(NC(=O)C3CCCC3)cc2)nc1N1CCNCC1. The highest BCUT2D eigenvalue weighted by Crippen LogP contribution is 2.38. The molecule has 10 nitrogen and oxygen atoms in total. The number of carbonyl (C=O) groups excluding carboxylic acids is 1. The van der Waals surface area contributed by atoms with Gasteiger partial charge in [0.2, 0.25) is 11.7 Å². The van der Waals surface area contributed by atoms with Crippen molar-refractivity contribution in [2.75, 3.05) is 48.3 Å². The summed E-state index contributed by atoms with van der Waals surface area (Å²) in [6, 6.07) is 9.78. The predicted molar refractivity (Wildman–Crippen MR) is 146 cm³/mol. The normalized spacial score (nSPS) is 16.1. The first-order valence-corrected chi connectivity index (χ1v) is 13.8. The zero-order valence-electron chi connectivity index (χ0n) is 21.3. The molecule has 3 aromatic rings. The Balaban J connectivity index is 1.40. The van der Waals surface area contributed by atoms with Crippen LogP contribution in [0, 0.1) is 12.8 Å². The van der Waals surface area contributed by atoms with Crippen LogP contribution in [0.2, 0.25) is 0 Å². The molecule has 37 heavy (non-hydrogen) atoms. The second-order valence-electron chi connectivity index (χ2n) is 9.34. The number of nitrogens with zero attached hydrogens (tertiary/aromatic N) is 4. The van der Waals surface area contributed by atoms with E-state index in [1.54, 1.807) is 0 Å². The summed E-state index contributed by atoms with van der Waals surface area (Å²) in [5.74, 6) is 2.91. The van der Waals surface area contributed by atoms with Crippen LogP contribution in [0.3, 0.4) is 0 Å². The zero-order chi connectivity index (χ0) is 25.6. The number of ether oxygens (including phenoxy) is 1. The quantitative estimate of drug-likeness (QED) is 0.304. The monoisotopic (exact) mass is 522 g/mol. The van der Waals surface area contributed by atoms with E-state index in [4.69, 9.17) is 14.7 Å². The molecule has 11 heteroatoms. The number of carbonyl (C=O) groups is 1. The van der Waals surface area contributed by atoms with Crippen molar-refractivity contribution in [2.45, 2.75) is 49.6 Å². The summed E-state index contributed by atoms with van der Waals surface area (Å²) in [5.41, 5.74) is 1.76. The molecule has 5 rings (SSSR count). The van der Waals surface area contributed by atoms with E-state index in [0.29, 0.717) is 29.1 Å². The van der Waals surface area contributed by atoms with E-state index in [2.05, 4.69) is 31.0 Å². The molecule has 196 valence electrons. The molecule has 1 saturated carbocycles. The Bertz CT molecular complexity index is 1200. The first kappa shape index (κ1) is 25.3. The van der Waals surface area contributed by atoms with Crippen LogP contribution in [0.25, 0.3) is 0 Å². The molecule has 1 aliphatic heterocycles. The van der Waals surface area contributed by atoms with Gasteiger partial charge >= 0.3 is 0 Å². The number of rotatable bonds is 9. The topological polar surface area (TPSA) is 120 Å². The molecule has 3 heterocycles. The van der Waals surface area contributed by atoms with Crippen LogP contribution in [0.4, 0.5) is 23.1 Å². The van der Waals surface area contributed by atoms with Gasteiger partial charge in [0.1, 0.15) is 0 Å². The lowest BCUT2D eigenvalue weighted by Gasteiger charge is -2.30. The van der Waals surface area contributed by atoms with Gasteiger partial charge in [-0.25, -0.2) is 9.97 Å². The molecule has 2 fully saturated rings. The number of aromatic nitrogens is 4. The summed E-state index contributed by atoms with van der Waals surface area (Å²) in [6.07, 6.45) is 4.25. The third-order valence-electron chi connectivity index (χ3n) is 6.54. The van der Waals surface area contributed by atoms with Gasteiger partial charge in [-0.1, -0.05) is 12.8 Å². The molecule has 0 bridgehead atoms. The van der Waals surface area contributed by atoms with E-state index in [-0.39, 0.29) is 11.8 Å². The molecule has 1 aliphatic carbocycles. The summed E-state index contributed by atoms with van der Waals surface area (Å²) < 4.78 is 6.06. The number of hydrogen-bond acceptors (Lipinski definition) is 9. The third kappa shape index (κ3) is 6.34. The third-order valence-corrected chi connectivity index (χ3v) is 7.41. The largest absolute Gasteiger partial charge is 0.487 e. The average molecular weight is 523 g/mol. The molecular formula is C26H34N8O2S. The Morgan fingerprint density at radius 3 is 2.59 bits per heavy atom. The van der Waals surface area contributed by atoms with Crippen LogP contribution in [0.1, 0.15) is 38.3 Å². The van der Waals surface area contributed by atoms with E-state index in [1.165, 1.54) is 11.8 Å². The highest BCUT2D eigenvalue weighted by Gasteiger charge is 2.24. The van der Waals surface area contributed by atoms with Gasteiger partial charge in [0, 0.05) is 54.4 Å². The average Bonchev–Trinajstić information content (AvgIpc) is 3.59. The molecule has 2 aromatic heterocycles. The Labute approximate surface area is 221 Å². The maximum atomic E-state index is 12.5. The summed E-state index contributed by atoms with van der Waals surface area (Å²) in [7, 11) is 0. The van der Waals surface area contributed by atoms with Crippen LogP contribution < -0.4 is 25.6 Å². The van der Waals surface area contributed by atoms with Gasteiger partial charge in [-0.15, -0.1) is 0 Å². The number of benzene rings is 1. The van der Waals surface area contributed by atoms with Crippen LogP contribution in [-0.2, 0) is 4.79 Å². The highest BCUT2D eigenvalue weighted by atomic mass is 32.2. The molecule has 0 radical (unpaired) electrons. The van der Waals surface area contributed by atoms with Crippen molar-refractivity contribution < 1.29 is 9.53 Å². The van der Waals surface area contributed by atoms with Gasteiger partial charge in [0.15, 0.2) is 22.6 Å². The van der Waals surface area contributed by atoms with Gasteiger partial charge in [-0.3, -0.25) is 9.89 Å². The van der Waals surface area contributed by atoms with Crippen molar-refractivity contribution in [1.82, 2.24) is 25.5 Å². The molecule has 4 N–H and O–H groups in total. The minimum Gasteiger partial charge on any atom is -0.487 e. The first-order valence-electron chi connectivity index (χ1n) is 13.0. The van der Waals surface area contributed by atoms with Gasteiger partial charge in [0.05, 0.1) is 6.61 Å². The molecule has 1 amide bonds. The highest BCUT2D eigenvalue weighted by molar-refractivity contribution is 7.99. The maximum Gasteiger partial charge on any atom is 0.227 e. The fraction of sp³-hybridized carbons (Fsp3) is 0.462. The van der Waals surface area contributed by atoms with Crippen molar-refractivity contribution in [3.63, 3.8) is 0 Å². The Morgan fingerprint density at radius 1 is 1.16 bits per heavy atom. The van der Waals surface area contributed by atoms with Crippen LogP contribution in [-0.4, -0.2) is 58.9 Å². The van der Waals surface area contributed by atoms with Crippen molar-refractivity contribution in [3.05, 3.63) is 36.0 Å². The van der Waals surface area contributed by atoms with Crippen molar-refractivity contribution >= 4 is 40.8 Å². The Kier molecular flexibility index (Phi) is 8.10. The second-order valence-corrected chi connectivity index (χ2v) is 10.4. The van der Waals surface area contributed by atoms with E-state index in [0.717, 1.165) is 74.0 Å². The lowest BCUT2D eigenvalue weighted by molar-refractivity contribution is -0.119. The van der Waals surface area contributed by atoms with Crippen molar-refractivity contribution in [2.24, 2.45) is 5.92 Å². The lowest BCUT2D eigenvalue weighted by atomic mass is 10.1. The van der Waals surface area contributed by atoms with Gasteiger partial charge in [0.25, 0.3) is 0 Å². The molecule has 1 saturated heterocycles. The minimum atomic E-state index is 0.123. The number of piperazine rings is 1. The number of anilines is 4. The molecule has 0 unspecified atom stereocenters. The van der Waals surface area contributed by atoms with Gasteiger partial charge < -0.3 is 25.6 Å². The second kappa shape index (κ2) is 11.8. The summed E-state index contributed by atoms with van der Waals surface area (Å²) in [5, 5.41) is 17.6. The Morgan fingerprint density at radius 2 is 1.92 bits per heavy atom. The molecule has 0 atom stereocenters. The van der Waals surface area contributed by atoms with Gasteiger partial charge in [-0.05, 0) is 62.7 Å². The smallest absolute Gasteiger partial charge is 0.227 e. The van der Waals surface area contributed by atoms with Crippen LogP contribution >= 0.6 is 11.8 Å². The molecule has 1 aromatic carbocycles. The number of hydrogen-bond donors (Lipinski definition) is 4. The predicted octanol–water partition coefficient (Wildman–Crippen LogP) is 4.34. The number of amides is 1. The van der Waals surface area contributed by atoms with E-state index < -0.39 is 0 Å². The molecule has 0 spiro atoms. The minimum absolute atomic E-state index is 0.123. The standard InChI is InChI=1S/C26H34N8O2S/c1-3-36-22-23(29-21-16-17(2)32-33-21)30-26(31-24(22)34-14-12-27-13-15-34)37-20-10-8-19(9-11-20)28-25(35)18-6-4-5-7-18/h8-11,16,18,27H,3-7,12-15H2,1-2H3,(H,28,35)(H2,29,30,31,32,33). The number of nitrogens with one attached hydrogen (secondary N) is 4. The zero-order valence-corrected chi connectivity index (χ0v) is 22.2. The fourth-order valence-electron chi connectivity index (χ4n) is 4.66. The molecular weight excluding hydrogens is 488 g/mol. The van der Waals surface area contributed by atoms with E-state index >= 15 is 0 Å². The number of aryl methyl sites for hydroxylation is 1. The molecule has 2 aliphatic rings. The first-order chi connectivity index (χ1) is 18.1. The fourth-order valence-corrected chi connectivity index (χ4v) is 5.42. The lowest BCUT2D eigenvalue weighted by Crippen LogP contribution is -2.44. The summed E-state index contributed by atoms with van der Waals surface area (Å²) in [4.78, 5) is 25.4.